The number of rotatable bonds is 7. The smallest absolute Gasteiger partial charge is 0.314 e. The van der Waals surface area contributed by atoms with Gasteiger partial charge in [0.25, 0.3) is 0 Å². The fourth-order valence-electron chi connectivity index (χ4n) is 3.25. The summed E-state index contributed by atoms with van der Waals surface area (Å²) in [6, 6.07) is -0.0291. The third kappa shape index (κ3) is 5.47. The van der Waals surface area contributed by atoms with Crippen molar-refractivity contribution in [1.82, 2.24) is 5.32 Å². The third-order valence-corrected chi connectivity index (χ3v) is 4.30. The molecule has 0 amide bonds. The zero-order valence-corrected chi connectivity index (χ0v) is 12.7. The third-order valence-electron chi connectivity index (χ3n) is 4.30. The van der Waals surface area contributed by atoms with Gasteiger partial charge in [-0.15, -0.1) is 6.58 Å². The van der Waals surface area contributed by atoms with Gasteiger partial charge in [-0.1, -0.05) is 25.3 Å². The van der Waals surface area contributed by atoms with Crippen LogP contribution in [0, 0.1) is 11.8 Å². The van der Waals surface area contributed by atoms with Crippen molar-refractivity contribution in [3.8, 4) is 0 Å². The molecule has 0 spiro atoms. The van der Waals surface area contributed by atoms with Crippen LogP contribution in [0.3, 0.4) is 0 Å². The summed E-state index contributed by atoms with van der Waals surface area (Å²) >= 11 is 0. The number of alkyl halides is 3. The number of allylic oxidation sites excluding steroid dienone is 1. The second-order valence-electron chi connectivity index (χ2n) is 6.15. The Balaban J connectivity index is 2.75. The van der Waals surface area contributed by atoms with Crippen LogP contribution in [0.4, 0.5) is 13.2 Å². The van der Waals surface area contributed by atoms with E-state index in [0.29, 0.717) is 19.3 Å². The first-order valence-corrected chi connectivity index (χ1v) is 7.80. The molecule has 0 aromatic rings. The van der Waals surface area contributed by atoms with Gasteiger partial charge in [0.1, 0.15) is 0 Å². The monoisotopic (exact) mass is 291 g/mol. The van der Waals surface area contributed by atoms with Crippen LogP contribution in [0.2, 0.25) is 0 Å². The van der Waals surface area contributed by atoms with Gasteiger partial charge in [0.15, 0.2) is 0 Å². The first-order chi connectivity index (χ1) is 9.36. The lowest BCUT2D eigenvalue weighted by Gasteiger charge is -2.38. The summed E-state index contributed by atoms with van der Waals surface area (Å²) in [6.07, 6.45) is 1.10. The Labute approximate surface area is 121 Å². The zero-order valence-electron chi connectivity index (χ0n) is 12.7. The highest BCUT2D eigenvalue weighted by Crippen LogP contribution is 2.43. The van der Waals surface area contributed by atoms with Gasteiger partial charge in [-0.3, -0.25) is 0 Å². The second kappa shape index (κ2) is 8.06. The SMILES string of the molecule is C=C(C)CCC(NCCC)C1CCCCC1C(F)(F)F. The van der Waals surface area contributed by atoms with E-state index in [2.05, 4.69) is 11.9 Å². The van der Waals surface area contributed by atoms with E-state index in [1.807, 2.05) is 13.8 Å². The molecule has 20 heavy (non-hydrogen) atoms. The molecule has 1 aliphatic carbocycles. The molecule has 1 saturated carbocycles. The van der Waals surface area contributed by atoms with E-state index in [1.54, 1.807) is 0 Å². The topological polar surface area (TPSA) is 12.0 Å². The molecule has 0 aliphatic heterocycles. The lowest BCUT2D eigenvalue weighted by atomic mass is 9.73. The highest BCUT2D eigenvalue weighted by atomic mass is 19.4. The average Bonchev–Trinajstić information content (AvgIpc) is 2.37. The van der Waals surface area contributed by atoms with Gasteiger partial charge >= 0.3 is 6.18 Å². The quantitative estimate of drug-likeness (QED) is 0.645. The van der Waals surface area contributed by atoms with Crippen LogP contribution >= 0.6 is 0 Å². The van der Waals surface area contributed by atoms with E-state index in [9.17, 15) is 13.2 Å². The standard InChI is InChI=1S/C16H28F3N/c1-4-11-20-15(10-9-12(2)3)13-7-5-6-8-14(13)16(17,18)19/h13-15,20H,2,4-11H2,1,3H3. The molecule has 1 rings (SSSR count). The van der Waals surface area contributed by atoms with Crippen LogP contribution in [0.15, 0.2) is 12.2 Å². The summed E-state index contributed by atoms with van der Waals surface area (Å²) in [5.74, 6) is -1.40. The molecule has 1 fully saturated rings. The summed E-state index contributed by atoms with van der Waals surface area (Å²) in [5.41, 5.74) is 1.05. The van der Waals surface area contributed by atoms with Gasteiger partial charge < -0.3 is 5.32 Å². The van der Waals surface area contributed by atoms with E-state index in [-0.39, 0.29) is 12.0 Å². The predicted octanol–water partition coefficient (Wildman–Crippen LogP) is 5.08. The molecule has 0 aromatic heterocycles. The Morgan fingerprint density at radius 1 is 1.30 bits per heavy atom. The van der Waals surface area contributed by atoms with E-state index < -0.39 is 12.1 Å². The van der Waals surface area contributed by atoms with Crippen LogP contribution < -0.4 is 5.32 Å². The fraction of sp³-hybridized carbons (Fsp3) is 0.875. The molecule has 0 bridgehead atoms. The predicted molar refractivity (Wildman–Crippen MR) is 77.6 cm³/mol. The second-order valence-corrected chi connectivity index (χ2v) is 6.15. The molecule has 1 nitrogen and oxygen atoms in total. The largest absolute Gasteiger partial charge is 0.392 e. The first-order valence-electron chi connectivity index (χ1n) is 7.80. The summed E-state index contributed by atoms with van der Waals surface area (Å²) in [7, 11) is 0. The van der Waals surface area contributed by atoms with Crippen molar-refractivity contribution in [2.24, 2.45) is 11.8 Å². The minimum atomic E-state index is -4.06. The maximum atomic E-state index is 13.2. The van der Waals surface area contributed by atoms with Crippen LogP contribution in [-0.4, -0.2) is 18.8 Å². The zero-order chi connectivity index (χ0) is 15.2. The number of hydrogen-bond donors (Lipinski definition) is 1. The van der Waals surface area contributed by atoms with Gasteiger partial charge in [-0.05, 0) is 51.5 Å². The molecule has 0 radical (unpaired) electrons. The highest BCUT2D eigenvalue weighted by molar-refractivity contribution is 4.93. The maximum Gasteiger partial charge on any atom is 0.392 e. The molecular weight excluding hydrogens is 263 g/mol. The summed E-state index contributed by atoms with van der Waals surface area (Å²) < 4.78 is 39.7. The first kappa shape index (κ1) is 17.5. The number of hydrogen-bond acceptors (Lipinski definition) is 1. The molecule has 0 aromatic carbocycles. The molecule has 4 heteroatoms. The molecular formula is C16H28F3N. The van der Waals surface area contributed by atoms with E-state index in [1.165, 1.54) is 0 Å². The van der Waals surface area contributed by atoms with E-state index in [0.717, 1.165) is 37.8 Å². The fourth-order valence-corrected chi connectivity index (χ4v) is 3.25. The Morgan fingerprint density at radius 2 is 1.95 bits per heavy atom. The maximum absolute atomic E-state index is 13.2. The van der Waals surface area contributed by atoms with Crippen molar-refractivity contribution < 1.29 is 13.2 Å². The number of nitrogens with one attached hydrogen (secondary N) is 1. The molecule has 3 unspecified atom stereocenters. The van der Waals surface area contributed by atoms with Crippen LogP contribution in [0.25, 0.3) is 0 Å². The van der Waals surface area contributed by atoms with Crippen LogP contribution in [0.1, 0.15) is 58.8 Å². The van der Waals surface area contributed by atoms with Crippen molar-refractivity contribution in [2.45, 2.75) is 71.0 Å². The van der Waals surface area contributed by atoms with E-state index in [4.69, 9.17) is 0 Å². The van der Waals surface area contributed by atoms with E-state index >= 15 is 0 Å². The van der Waals surface area contributed by atoms with Crippen LogP contribution in [0.5, 0.6) is 0 Å². The van der Waals surface area contributed by atoms with Gasteiger partial charge in [0, 0.05) is 6.04 Å². The average molecular weight is 291 g/mol. The van der Waals surface area contributed by atoms with Crippen molar-refractivity contribution >= 4 is 0 Å². The molecule has 118 valence electrons. The molecule has 1 aliphatic rings. The van der Waals surface area contributed by atoms with Crippen molar-refractivity contribution in [2.75, 3.05) is 6.54 Å². The Morgan fingerprint density at radius 3 is 2.50 bits per heavy atom. The van der Waals surface area contributed by atoms with Gasteiger partial charge in [0.2, 0.25) is 0 Å². The molecule has 1 N–H and O–H groups in total. The lowest BCUT2D eigenvalue weighted by molar-refractivity contribution is -0.199. The molecule has 0 heterocycles. The van der Waals surface area contributed by atoms with Crippen molar-refractivity contribution in [1.29, 1.82) is 0 Å². The lowest BCUT2D eigenvalue weighted by Crippen LogP contribution is -2.46. The summed E-state index contributed by atoms with van der Waals surface area (Å²) in [4.78, 5) is 0. The number of halogens is 3. The molecule has 3 atom stereocenters. The molecule has 0 saturated heterocycles. The van der Waals surface area contributed by atoms with Gasteiger partial charge in [-0.2, -0.15) is 13.2 Å². The Bertz CT molecular complexity index is 299. The normalized spacial score (nSPS) is 25.4. The van der Waals surface area contributed by atoms with Crippen LogP contribution in [-0.2, 0) is 0 Å². The summed E-state index contributed by atoms with van der Waals surface area (Å²) in [6.45, 7) is 8.65. The van der Waals surface area contributed by atoms with Crippen molar-refractivity contribution in [3.05, 3.63) is 12.2 Å². The Kier molecular flexibility index (Phi) is 7.07. The van der Waals surface area contributed by atoms with Gasteiger partial charge in [-0.25, -0.2) is 0 Å². The summed E-state index contributed by atoms with van der Waals surface area (Å²) in [5, 5.41) is 3.36. The van der Waals surface area contributed by atoms with Crippen molar-refractivity contribution in [3.63, 3.8) is 0 Å². The minimum absolute atomic E-state index is 0.0291. The van der Waals surface area contributed by atoms with Gasteiger partial charge in [0.05, 0.1) is 5.92 Å². The highest BCUT2D eigenvalue weighted by Gasteiger charge is 2.47. The Hall–Kier alpha value is -0.510. The minimum Gasteiger partial charge on any atom is -0.314 e.